The summed E-state index contributed by atoms with van der Waals surface area (Å²) in [4.78, 5) is 34.9. The molecule has 0 N–H and O–H groups in total. The molecular formula is C28H31BrN4O3S. The number of hydrogen-bond donors (Lipinski definition) is 0. The first-order valence-corrected chi connectivity index (χ1v) is 14.0. The summed E-state index contributed by atoms with van der Waals surface area (Å²) >= 11 is 4.86. The number of hydroxylamine groups is 3. The lowest BCUT2D eigenvalue weighted by atomic mass is 10.1. The third kappa shape index (κ3) is 6.54. The molecule has 194 valence electrons. The predicted molar refractivity (Wildman–Crippen MR) is 153 cm³/mol. The van der Waals surface area contributed by atoms with Crippen LogP contribution in [0.25, 0.3) is 10.2 Å². The zero-order valence-electron chi connectivity index (χ0n) is 21.3. The molecule has 0 radical (unpaired) electrons. The predicted octanol–water partition coefficient (Wildman–Crippen LogP) is 5.83. The number of hydrogen-bond acceptors (Lipinski definition) is 5. The Bertz CT molecular complexity index is 1410. The number of halogens is 1. The van der Waals surface area contributed by atoms with E-state index in [1.807, 2.05) is 54.8 Å². The van der Waals surface area contributed by atoms with Crippen LogP contribution >= 0.6 is 27.3 Å². The van der Waals surface area contributed by atoms with Gasteiger partial charge in [-0.2, -0.15) is 0 Å². The van der Waals surface area contributed by atoms with Gasteiger partial charge < -0.3 is 14.8 Å². The van der Waals surface area contributed by atoms with Crippen molar-refractivity contribution in [1.82, 2.24) is 14.5 Å². The van der Waals surface area contributed by atoms with Crippen LogP contribution < -0.4 is 5.56 Å². The van der Waals surface area contributed by atoms with Crippen LogP contribution in [0.15, 0.2) is 75.3 Å². The van der Waals surface area contributed by atoms with Gasteiger partial charge in [-0.1, -0.05) is 53.2 Å². The molecule has 7 nitrogen and oxygen atoms in total. The third-order valence-electron chi connectivity index (χ3n) is 6.31. The fourth-order valence-electron chi connectivity index (χ4n) is 4.46. The van der Waals surface area contributed by atoms with Gasteiger partial charge in [-0.15, -0.1) is 11.3 Å². The SMILES string of the molecule is CCC(c1nc2sccc2c(=O)n1Cc1ccccc1)N(CCC[N+](C)(C)[O-])C(=O)c1ccc(Br)cc1. The molecule has 9 heteroatoms. The minimum atomic E-state index is -0.443. The Labute approximate surface area is 229 Å². The Hall–Kier alpha value is -2.85. The van der Waals surface area contributed by atoms with Gasteiger partial charge >= 0.3 is 0 Å². The average molecular weight is 584 g/mol. The Morgan fingerprint density at radius 1 is 1.14 bits per heavy atom. The van der Waals surface area contributed by atoms with Crippen LogP contribution in [0.1, 0.15) is 47.6 Å². The molecule has 2 aromatic carbocycles. The van der Waals surface area contributed by atoms with Crippen LogP contribution in [-0.2, 0) is 6.54 Å². The topological polar surface area (TPSA) is 78.3 Å². The van der Waals surface area contributed by atoms with Crippen molar-refractivity contribution in [2.24, 2.45) is 0 Å². The number of fused-ring (bicyclic) bond motifs is 1. The lowest BCUT2D eigenvalue weighted by Gasteiger charge is -2.36. The second kappa shape index (κ2) is 11.7. The molecule has 0 aliphatic heterocycles. The molecule has 4 aromatic rings. The van der Waals surface area contributed by atoms with E-state index < -0.39 is 10.7 Å². The zero-order chi connectivity index (χ0) is 26.6. The van der Waals surface area contributed by atoms with E-state index in [1.165, 1.54) is 11.3 Å². The molecule has 0 fully saturated rings. The van der Waals surface area contributed by atoms with Gasteiger partial charge in [0, 0.05) is 23.0 Å². The molecule has 2 aromatic heterocycles. The van der Waals surface area contributed by atoms with Gasteiger partial charge in [-0.3, -0.25) is 14.2 Å². The van der Waals surface area contributed by atoms with Gasteiger partial charge in [0.1, 0.15) is 10.7 Å². The van der Waals surface area contributed by atoms with E-state index >= 15 is 0 Å². The Morgan fingerprint density at radius 2 is 1.84 bits per heavy atom. The largest absolute Gasteiger partial charge is 0.633 e. The van der Waals surface area contributed by atoms with Crippen molar-refractivity contribution < 1.29 is 9.44 Å². The molecule has 1 atom stereocenters. The van der Waals surface area contributed by atoms with Crippen LogP contribution in [0.5, 0.6) is 0 Å². The molecule has 1 amide bonds. The Kier molecular flexibility index (Phi) is 8.59. The number of thiophene rings is 1. The number of rotatable bonds is 10. The molecule has 37 heavy (non-hydrogen) atoms. The summed E-state index contributed by atoms with van der Waals surface area (Å²) in [6, 6.07) is 18.4. The second-order valence-electron chi connectivity index (χ2n) is 9.57. The summed E-state index contributed by atoms with van der Waals surface area (Å²) < 4.78 is 2.15. The Balaban J connectivity index is 1.81. The van der Waals surface area contributed by atoms with Crippen molar-refractivity contribution in [3.05, 3.63) is 103 Å². The van der Waals surface area contributed by atoms with Gasteiger partial charge in [0.25, 0.3) is 11.5 Å². The summed E-state index contributed by atoms with van der Waals surface area (Å²) in [7, 11) is 3.20. The first-order chi connectivity index (χ1) is 17.7. The zero-order valence-corrected chi connectivity index (χ0v) is 23.7. The van der Waals surface area contributed by atoms with Crippen molar-refractivity contribution in [2.45, 2.75) is 32.4 Å². The highest BCUT2D eigenvalue weighted by Crippen LogP contribution is 2.28. The maximum absolute atomic E-state index is 13.9. The molecule has 4 rings (SSSR count). The van der Waals surface area contributed by atoms with E-state index in [0.29, 0.717) is 54.1 Å². The molecule has 0 spiro atoms. The first kappa shape index (κ1) is 27.2. The van der Waals surface area contributed by atoms with Crippen molar-refractivity contribution in [2.75, 3.05) is 27.2 Å². The van der Waals surface area contributed by atoms with Gasteiger partial charge in [0.2, 0.25) is 0 Å². The van der Waals surface area contributed by atoms with Gasteiger partial charge in [0.05, 0.1) is 38.6 Å². The smallest absolute Gasteiger partial charge is 0.262 e. The highest BCUT2D eigenvalue weighted by molar-refractivity contribution is 9.10. The second-order valence-corrected chi connectivity index (χ2v) is 11.4. The highest BCUT2D eigenvalue weighted by atomic mass is 79.9. The average Bonchev–Trinajstić information content (AvgIpc) is 3.34. The number of quaternary nitrogens is 1. The maximum Gasteiger partial charge on any atom is 0.262 e. The van der Waals surface area contributed by atoms with E-state index in [2.05, 4.69) is 15.9 Å². The summed E-state index contributed by atoms with van der Waals surface area (Å²) in [6.45, 7) is 3.10. The van der Waals surface area contributed by atoms with Crippen molar-refractivity contribution >= 4 is 43.4 Å². The third-order valence-corrected chi connectivity index (χ3v) is 7.64. The van der Waals surface area contributed by atoms with Crippen LogP contribution in [0.3, 0.4) is 0 Å². The molecule has 0 aliphatic rings. The lowest BCUT2D eigenvalue weighted by molar-refractivity contribution is -0.840. The minimum Gasteiger partial charge on any atom is -0.633 e. The fraction of sp³-hybridized carbons (Fsp3) is 0.321. The summed E-state index contributed by atoms with van der Waals surface area (Å²) in [5.41, 5.74) is 1.41. The molecule has 0 saturated carbocycles. The monoisotopic (exact) mass is 582 g/mol. The number of nitrogens with zero attached hydrogens (tertiary/aromatic N) is 4. The van der Waals surface area contributed by atoms with Crippen LogP contribution in [0, 0.1) is 5.21 Å². The normalized spacial score (nSPS) is 12.6. The molecular weight excluding hydrogens is 552 g/mol. The van der Waals surface area contributed by atoms with E-state index in [-0.39, 0.29) is 11.5 Å². The number of benzene rings is 2. The molecule has 0 saturated heterocycles. The standard InChI is InChI=1S/C28H31BrN4O3S/c1-4-24(31(16-8-17-33(2,3)36)27(34)21-11-13-22(29)14-12-21)25-30-26-23(15-18-37-26)28(35)32(25)19-20-9-6-5-7-10-20/h5-7,9-15,18,24H,4,8,16-17,19H2,1-3H3. The van der Waals surface area contributed by atoms with E-state index in [1.54, 1.807) is 41.8 Å². The summed E-state index contributed by atoms with van der Waals surface area (Å²) in [5.74, 6) is 0.412. The van der Waals surface area contributed by atoms with Crippen LogP contribution in [0.4, 0.5) is 0 Å². The first-order valence-electron chi connectivity index (χ1n) is 12.3. The Morgan fingerprint density at radius 3 is 2.49 bits per heavy atom. The number of carbonyl (C=O) groups is 1. The van der Waals surface area contributed by atoms with Crippen molar-refractivity contribution in [3.8, 4) is 0 Å². The van der Waals surface area contributed by atoms with Crippen molar-refractivity contribution in [1.29, 1.82) is 0 Å². The maximum atomic E-state index is 13.9. The van der Waals surface area contributed by atoms with E-state index in [0.717, 1.165) is 10.0 Å². The quantitative estimate of drug-likeness (QED) is 0.174. The van der Waals surface area contributed by atoms with E-state index in [4.69, 9.17) is 4.98 Å². The molecule has 1 unspecified atom stereocenters. The van der Waals surface area contributed by atoms with Gasteiger partial charge in [-0.25, -0.2) is 4.98 Å². The number of aromatic nitrogens is 2. The molecule has 0 bridgehead atoms. The van der Waals surface area contributed by atoms with Gasteiger partial charge in [-0.05, 0) is 47.7 Å². The molecule has 0 aliphatic carbocycles. The van der Waals surface area contributed by atoms with Gasteiger partial charge in [0.15, 0.2) is 0 Å². The lowest BCUT2D eigenvalue weighted by Crippen LogP contribution is -2.41. The number of amides is 1. The summed E-state index contributed by atoms with van der Waals surface area (Å²) in [5, 5.41) is 14.7. The minimum absolute atomic E-state index is 0.114. The van der Waals surface area contributed by atoms with E-state index in [9.17, 15) is 14.8 Å². The van der Waals surface area contributed by atoms with Crippen LogP contribution in [0.2, 0.25) is 0 Å². The fourth-order valence-corrected chi connectivity index (χ4v) is 5.48. The molecule has 2 heterocycles. The highest BCUT2D eigenvalue weighted by Gasteiger charge is 2.29. The van der Waals surface area contributed by atoms with Crippen LogP contribution in [-0.4, -0.2) is 52.2 Å². The van der Waals surface area contributed by atoms with Crippen molar-refractivity contribution in [3.63, 3.8) is 0 Å². The number of carbonyl (C=O) groups excluding carboxylic acids is 1. The summed E-state index contributed by atoms with van der Waals surface area (Å²) in [6.07, 6.45) is 1.09.